The van der Waals surface area contributed by atoms with E-state index in [-0.39, 0.29) is 0 Å². The molecule has 8 aromatic rings. The summed E-state index contributed by atoms with van der Waals surface area (Å²) in [4.78, 5) is 0. The second-order valence-corrected chi connectivity index (χ2v) is 25.0. The fourth-order valence-corrected chi connectivity index (χ4v) is 18.1. The van der Waals surface area contributed by atoms with Crippen molar-refractivity contribution < 1.29 is 37.9 Å². The van der Waals surface area contributed by atoms with Crippen molar-refractivity contribution in [2.24, 2.45) is 0 Å². The minimum absolute atomic E-state index is 0.362. The molecule has 13 heteroatoms. The van der Waals surface area contributed by atoms with Crippen molar-refractivity contribution in [3.63, 3.8) is 0 Å². The second-order valence-electron chi connectivity index (χ2n) is 15.7. The van der Waals surface area contributed by atoms with Crippen LogP contribution in [-0.2, 0) is 0 Å². The van der Waals surface area contributed by atoms with E-state index in [0.29, 0.717) is 38.1 Å². The van der Waals surface area contributed by atoms with Crippen LogP contribution in [0.5, 0.6) is 46.0 Å². The van der Waals surface area contributed by atoms with E-state index in [1.165, 1.54) is 41.5 Å². The largest absolute Gasteiger partial charge is 0.493 e. The molecule has 8 rings (SSSR count). The highest BCUT2D eigenvalue weighted by Crippen LogP contribution is 2.26. The average molecular weight is 993 g/mol. The summed E-state index contributed by atoms with van der Waals surface area (Å²) in [6.07, 6.45) is 0. The fraction of sp³-hybridized carbons (Fsp3) is 0.143. The predicted octanol–water partition coefficient (Wildman–Crippen LogP) is 1.75. The Bertz CT molecular complexity index is 2570. The van der Waals surface area contributed by atoms with Crippen molar-refractivity contribution in [3.8, 4) is 46.0 Å². The highest BCUT2D eigenvalue weighted by Gasteiger charge is 2.41. The van der Waals surface area contributed by atoms with Crippen LogP contribution in [0, 0.1) is 0 Å². The molecule has 0 aromatic heterocycles. The first kappa shape index (κ1) is 48.7. The maximum atomic E-state index is 5.86. The number of hydrogen-bond donors (Lipinski definition) is 0. The smallest absolute Gasteiger partial charge is 0.179 e. The second kappa shape index (κ2) is 22.6. The Kier molecular flexibility index (Phi) is 15.9. The average Bonchev–Trinajstić information content (AvgIpc) is 3.40. The molecule has 0 saturated heterocycles. The number of benzene rings is 8. The molecule has 0 spiro atoms. The van der Waals surface area contributed by atoms with Gasteiger partial charge < -0.3 is 37.9 Å². The molecule has 8 aromatic carbocycles. The van der Waals surface area contributed by atoms with Crippen molar-refractivity contribution in [3.05, 3.63) is 170 Å². The normalized spacial score (nSPS) is 11.1. The summed E-state index contributed by atoms with van der Waals surface area (Å²) in [5.74, 6) is 5.95. The van der Waals surface area contributed by atoms with Gasteiger partial charge in [0.05, 0.1) is 56.9 Å². The fourth-order valence-electron chi connectivity index (χ4n) is 8.78. The Morgan fingerprint density at radius 3 is 0.623 bits per heavy atom. The van der Waals surface area contributed by atoms with Gasteiger partial charge in [-0.05, 0) is 65.8 Å². The molecule has 0 atom stereocenters. The van der Waals surface area contributed by atoms with Crippen molar-refractivity contribution in [1.29, 1.82) is 0 Å². The van der Waals surface area contributed by atoms with Gasteiger partial charge in [-0.3, -0.25) is 0 Å². The summed E-state index contributed by atoms with van der Waals surface area (Å²) in [5, 5.41) is 14.2. The van der Waals surface area contributed by atoms with Crippen LogP contribution in [0.3, 0.4) is 0 Å². The van der Waals surface area contributed by atoms with Gasteiger partial charge in [0.2, 0.25) is 0 Å². The summed E-state index contributed by atoms with van der Waals surface area (Å²) in [5.41, 5.74) is 0. The summed E-state index contributed by atoms with van der Waals surface area (Å²) >= 11 is 0. The topological polar surface area (TPSA) is 73.8 Å². The van der Waals surface area contributed by atoms with Crippen LogP contribution in [-0.4, -0.2) is 103 Å². The highest BCUT2D eigenvalue weighted by atomic mass is 28.3. The molecule has 0 unspecified atom stereocenters. The monoisotopic (exact) mass is 992 g/mol. The van der Waals surface area contributed by atoms with Crippen molar-refractivity contribution in [1.82, 2.24) is 0 Å². The molecular weight excluding hydrogens is 941 g/mol. The predicted molar refractivity (Wildman–Crippen MR) is 288 cm³/mol. The Hall–Kier alpha value is -6.76. The van der Waals surface area contributed by atoms with Crippen LogP contribution in [0.1, 0.15) is 0 Å². The molecule has 8 radical (unpaired) electrons. The lowest BCUT2D eigenvalue weighted by Crippen LogP contribution is -2.75. The van der Waals surface area contributed by atoms with Crippen LogP contribution in [0.15, 0.2) is 170 Å². The third-order valence-corrected chi connectivity index (χ3v) is 21.9. The lowest BCUT2D eigenvalue weighted by Gasteiger charge is -2.35. The van der Waals surface area contributed by atoms with Gasteiger partial charge in [0.25, 0.3) is 0 Å². The lowest BCUT2D eigenvalue weighted by molar-refractivity contribution is 0.357. The van der Waals surface area contributed by atoms with Crippen LogP contribution in [0.25, 0.3) is 0 Å². The Morgan fingerprint density at radius 1 is 0.246 bits per heavy atom. The van der Waals surface area contributed by atoms with Gasteiger partial charge in [0, 0.05) is 0 Å². The maximum absolute atomic E-state index is 5.86. The number of rotatable bonds is 20. The van der Waals surface area contributed by atoms with Gasteiger partial charge in [0.1, 0.15) is 38.1 Å². The van der Waals surface area contributed by atoms with Gasteiger partial charge in [-0.25, -0.2) is 0 Å². The van der Waals surface area contributed by atoms with Gasteiger partial charge in [-0.1, -0.05) is 166 Å². The highest BCUT2D eigenvalue weighted by molar-refractivity contribution is 7.20. The van der Waals surface area contributed by atoms with E-state index >= 15 is 0 Å². The Morgan fingerprint density at radius 2 is 0.449 bits per heavy atom. The van der Waals surface area contributed by atoms with E-state index in [1.54, 1.807) is 56.9 Å². The van der Waals surface area contributed by atoms with Crippen LogP contribution in [0.2, 0.25) is 0 Å². The van der Waals surface area contributed by atoms with E-state index in [2.05, 4.69) is 121 Å². The minimum atomic E-state index is -3.06. The number of ether oxygens (including phenoxy) is 8. The first-order valence-electron chi connectivity index (χ1n) is 22.2. The van der Waals surface area contributed by atoms with E-state index < -0.39 is 8.07 Å². The summed E-state index contributed by atoms with van der Waals surface area (Å²) < 4.78 is 46.1. The molecule has 0 aliphatic carbocycles. The molecule has 69 heavy (non-hydrogen) atoms. The molecular formula is C56H52O8Si5. The zero-order valence-electron chi connectivity index (χ0n) is 39.9. The number of hydrogen-bond acceptors (Lipinski definition) is 8. The first-order chi connectivity index (χ1) is 33.8. The van der Waals surface area contributed by atoms with Crippen LogP contribution in [0.4, 0.5) is 0 Å². The standard InChI is InChI=1S/C56H52O8Si5/c1-57-45-13-9-17-49(53(45)61-5)65-37-21-29-41(30-22-37)69(42-31-23-38(24-32-42)66-50-18-10-14-46(58-2)54(50)62-6,43-33-25-39(26-34-43)67-51-19-11-15-47(59-3)55(51)63-7)44-35-27-40(28-36-44)68-52-20-12-16-48(60-4)56(52)64-8/h9-36H,1-8H3. The molecule has 0 heterocycles. The van der Waals surface area contributed by atoms with E-state index in [0.717, 1.165) is 66.7 Å². The maximum Gasteiger partial charge on any atom is 0.179 e. The SMILES string of the molecule is COc1cccc([Si]c2ccc([Si](c3ccc([Si]c4cccc(OC)c4OC)cc3)(c3ccc([Si]c4cccc(OC)c4OC)cc3)c3ccc([Si]c4cccc(OC)c4OC)cc3)cc2)c1OC. The quantitative estimate of drug-likeness (QED) is 0.0847. The Balaban J connectivity index is 1.28. The van der Waals surface area contributed by atoms with E-state index in [4.69, 9.17) is 37.9 Å². The third kappa shape index (κ3) is 10.2. The van der Waals surface area contributed by atoms with Crippen molar-refractivity contribution >= 4 is 108 Å². The number of methoxy groups -OCH3 is 8. The van der Waals surface area contributed by atoms with E-state index in [1.807, 2.05) is 48.5 Å². The van der Waals surface area contributed by atoms with Crippen molar-refractivity contribution in [2.75, 3.05) is 56.9 Å². The Labute approximate surface area is 416 Å². The summed E-state index contributed by atoms with van der Waals surface area (Å²) in [7, 11) is 11.9. The van der Waals surface area contributed by atoms with Crippen molar-refractivity contribution in [2.45, 2.75) is 0 Å². The van der Waals surface area contributed by atoms with Gasteiger partial charge in [-0.2, -0.15) is 0 Å². The van der Waals surface area contributed by atoms with Gasteiger partial charge in [0.15, 0.2) is 54.1 Å². The molecule has 0 aliphatic rings. The summed E-state index contributed by atoms with van der Waals surface area (Å²) in [6, 6.07) is 61.4. The number of para-hydroxylation sites is 4. The molecule has 0 bridgehead atoms. The zero-order chi connectivity index (χ0) is 48.3. The first-order valence-corrected chi connectivity index (χ1v) is 28.2. The molecule has 0 N–H and O–H groups in total. The minimum Gasteiger partial charge on any atom is -0.493 e. The molecule has 0 fully saturated rings. The van der Waals surface area contributed by atoms with Crippen LogP contribution >= 0.6 is 0 Å². The zero-order valence-corrected chi connectivity index (χ0v) is 44.9. The van der Waals surface area contributed by atoms with Gasteiger partial charge >= 0.3 is 0 Å². The summed E-state index contributed by atoms with van der Waals surface area (Å²) in [6.45, 7) is 0. The molecule has 0 aliphatic heterocycles. The van der Waals surface area contributed by atoms with E-state index in [9.17, 15) is 0 Å². The third-order valence-electron chi connectivity index (χ3n) is 12.0. The lowest BCUT2D eigenvalue weighted by atomic mass is 10.3. The molecule has 8 nitrogen and oxygen atoms in total. The van der Waals surface area contributed by atoms with Crippen LogP contribution < -0.4 is 100 Å². The van der Waals surface area contributed by atoms with Gasteiger partial charge in [-0.15, -0.1) is 0 Å². The molecule has 344 valence electrons. The molecule has 0 amide bonds. The molecule has 0 saturated carbocycles.